The highest BCUT2D eigenvalue weighted by Crippen LogP contribution is 2.23. The summed E-state index contributed by atoms with van der Waals surface area (Å²) in [5, 5.41) is 2.75. The highest BCUT2D eigenvalue weighted by molar-refractivity contribution is 5.96. The van der Waals surface area contributed by atoms with Crippen LogP contribution in [0.4, 0.5) is 5.69 Å². The number of nitrogens with zero attached hydrogens (tertiary/aromatic N) is 1. The van der Waals surface area contributed by atoms with Crippen LogP contribution in [0.2, 0.25) is 0 Å². The second kappa shape index (κ2) is 5.82. The maximum Gasteiger partial charge on any atom is 0.241 e. The van der Waals surface area contributed by atoms with Gasteiger partial charge in [-0.1, -0.05) is 20.8 Å². The number of carbonyl (C=O) groups is 1. The number of aromatic nitrogens is 1. The zero-order chi connectivity index (χ0) is 13.8. The first-order valence-corrected chi connectivity index (χ1v) is 6.00. The van der Waals surface area contributed by atoms with Crippen LogP contribution >= 0.6 is 0 Å². The van der Waals surface area contributed by atoms with Crippen molar-refractivity contribution >= 4 is 11.6 Å². The summed E-state index contributed by atoms with van der Waals surface area (Å²) in [4.78, 5) is 16.1. The lowest BCUT2D eigenvalue weighted by Gasteiger charge is -2.26. The van der Waals surface area contributed by atoms with Gasteiger partial charge in [-0.3, -0.25) is 4.79 Å². The lowest BCUT2D eigenvalue weighted by atomic mass is 9.87. The molecule has 1 aromatic heterocycles. The molecule has 0 saturated carbocycles. The van der Waals surface area contributed by atoms with Gasteiger partial charge in [-0.2, -0.15) is 0 Å². The Morgan fingerprint density at radius 1 is 1.56 bits per heavy atom. The summed E-state index contributed by atoms with van der Waals surface area (Å²) >= 11 is 0. The summed E-state index contributed by atoms with van der Waals surface area (Å²) < 4.78 is 5.34. The normalized spacial score (nSPS) is 12.9. The van der Waals surface area contributed by atoms with E-state index >= 15 is 0 Å². The van der Waals surface area contributed by atoms with E-state index in [1.165, 1.54) is 0 Å². The Labute approximate surface area is 108 Å². The molecule has 5 heteroatoms. The number of carbonyl (C=O) groups excluding carboxylic acids is 1. The molecule has 0 fully saturated rings. The van der Waals surface area contributed by atoms with E-state index in [-0.39, 0.29) is 11.3 Å². The Morgan fingerprint density at radius 2 is 2.22 bits per heavy atom. The van der Waals surface area contributed by atoms with Gasteiger partial charge in [-0.15, -0.1) is 0 Å². The Morgan fingerprint density at radius 3 is 2.78 bits per heavy atom. The largest absolute Gasteiger partial charge is 0.476 e. The van der Waals surface area contributed by atoms with Crippen molar-refractivity contribution in [2.75, 3.05) is 11.9 Å². The highest BCUT2D eigenvalue weighted by Gasteiger charge is 2.28. The molecule has 0 aliphatic carbocycles. The second-order valence-corrected chi connectivity index (χ2v) is 5.12. The van der Waals surface area contributed by atoms with E-state index < -0.39 is 6.04 Å². The number of rotatable bonds is 4. The average molecular weight is 251 g/mol. The minimum absolute atomic E-state index is 0.239. The number of nitrogens with two attached hydrogens (primary N) is 1. The van der Waals surface area contributed by atoms with Crippen molar-refractivity contribution in [3.05, 3.63) is 18.3 Å². The molecule has 3 N–H and O–H groups in total. The highest BCUT2D eigenvalue weighted by atomic mass is 16.5. The van der Waals surface area contributed by atoms with E-state index in [9.17, 15) is 4.79 Å². The quantitative estimate of drug-likeness (QED) is 0.855. The maximum atomic E-state index is 12.0. The van der Waals surface area contributed by atoms with E-state index in [2.05, 4.69) is 10.3 Å². The number of amides is 1. The van der Waals surface area contributed by atoms with Crippen LogP contribution in [0.25, 0.3) is 0 Å². The van der Waals surface area contributed by atoms with Gasteiger partial charge in [-0.05, 0) is 24.5 Å². The van der Waals surface area contributed by atoms with Crippen LogP contribution in [-0.2, 0) is 4.79 Å². The maximum absolute atomic E-state index is 12.0. The number of hydrogen-bond donors (Lipinski definition) is 2. The first-order chi connectivity index (χ1) is 8.36. The van der Waals surface area contributed by atoms with Crippen molar-refractivity contribution in [2.45, 2.75) is 33.7 Å². The summed E-state index contributed by atoms with van der Waals surface area (Å²) in [5.74, 6) is 0.172. The van der Waals surface area contributed by atoms with Crippen LogP contribution in [0, 0.1) is 5.41 Å². The van der Waals surface area contributed by atoms with E-state index in [4.69, 9.17) is 10.5 Å². The molecule has 1 rings (SSSR count). The topological polar surface area (TPSA) is 77.2 Å². The summed E-state index contributed by atoms with van der Waals surface area (Å²) in [5.41, 5.74) is 6.14. The second-order valence-electron chi connectivity index (χ2n) is 5.12. The Kier molecular flexibility index (Phi) is 4.67. The summed E-state index contributed by atoms with van der Waals surface area (Å²) in [6, 6.07) is 2.89. The van der Waals surface area contributed by atoms with Crippen LogP contribution in [-0.4, -0.2) is 23.5 Å². The van der Waals surface area contributed by atoms with Crippen molar-refractivity contribution in [2.24, 2.45) is 11.1 Å². The number of pyridine rings is 1. The number of hydrogen-bond acceptors (Lipinski definition) is 4. The Bertz CT molecular complexity index is 413. The van der Waals surface area contributed by atoms with Crippen molar-refractivity contribution in [1.29, 1.82) is 0 Å². The van der Waals surface area contributed by atoms with Crippen LogP contribution in [0.1, 0.15) is 27.7 Å². The third kappa shape index (κ3) is 3.70. The molecule has 1 aromatic rings. The van der Waals surface area contributed by atoms with Gasteiger partial charge in [0.2, 0.25) is 11.8 Å². The zero-order valence-electron chi connectivity index (χ0n) is 11.4. The first-order valence-electron chi connectivity index (χ1n) is 6.00. The molecular formula is C13H21N3O2. The Hall–Kier alpha value is -1.62. The van der Waals surface area contributed by atoms with Crippen LogP contribution in [0.3, 0.4) is 0 Å². The fourth-order valence-corrected chi connectivity index (χ4v) is 1.34. The number of anilines is 1. The van der Waals surface area contributed by atoms with Gasteiger partial charge in [-0.25, -0.2) is 4.98 Å². The fraction of sp³-hybridized carbons (Fsp3) is 0.538. The number of nitrogens with one attached hydrogen (secondary N) is 1. The standard InChI is InChI=1S/C13H21N3O2/c1-5-18-12-9(7-6-8-15-12)16-11(17)10(14)13(2,3)4/h6-8,10H,5,14H2,1-4H3,(H,16,17). The monoisotopic (exact) mass is 251 g/mol. The molecule has 0 radical (unpaired) electrons. The molecule has 0 bridgehead atoms. The van der Waals surface area contributed by atoms with Gasteiger partial charge in [0.15, 0.2) is 0 Å². The lowest BCUT2D eigenvalue weighted by Crippen LogP contribution is -2.45. The molecule has 1 unspecified atom stereocenters. The minimum atomic E-state index is -0.591. The van der Waals surface area contributed by atoms with Crippen molar-refractivity contribution in [3.63, 3.8) is 0 Å². The van der Waals surface area contributed by atoms with Crippen molar-refractivity contribution in [1.82, 2.24) is 4.98 Å². The molecule has 1 atom stereocenters. The van der Waals surface area contributed by atoms with Crippen molar-refractivity contribution in [3.8, 4) is 5.88 Å². The van der Waals surface area contributed by atoms with Gasteiger partial charge in [0.1, 0.15) is 5.69 Å². The molecule has 0 aliphatic rings. The third-order valence-corrected chi connectivity index (χ3v) is 2.53. The predicted octanol–water partition coefficient (Wildman–Crippen LogP) is 1.79. The third-order valence-electron chi connectivity index (χ3n) is 2.53. The average Bonchev–Trinajstić information content (AvgIpc) is 2.29. The molecule has 0 spiro atoms. The molecule has 18 heavy (non-hydrogen) atoms. The zero-order valence-corrected chi connectivity index (χ0v) is 11.4. The SMILES string of the molecule is CCOc1ncccc1NC(=O)C(N)C(C)(C)C. The van der Waals surface area contributed by atoms with Gasteiger partial charge in [0.25, 0.3) is 0 Å². The van der Waals surface area contributed by atoms with E-state index in [1.54, 1.807) is 18.3 Å². The smallest absolute Gasteiger partial charge is 0.241 e. The first kappa shape index (κ1) is 14.4. The summed E-state index contributed by atoms with van der Waals surface area (Å²) in [6.07, 6.45) is 1.62. The van der Waals surface area contributed by atoms with Gasteiger partial charge < -0.3 is 15.8 Å². The molecule has 5 nitrogen and oxygen atoms in total. The van der Waals surface area contributed by atoms with Gasteiger partial charge in [0.05, 0.1) is 12.6 Å². The fourth-order valence-electron chi connectivity index (χ4n) is 1.34. The predicted molar refractivity (Wildman–Crippen MR) is 71.5 cm³/mol. The van der Waals surface area contributed by atoms with Crippen molar-refractivity contribution < 1.29 is 9.53 Å². The Balaban J connectivity index is 2.82. The van der Waals surface area contributed by atoms with E-state index in [1.807, 2.05) is 27.7 Å². The van der Waals surface area contributed by atoms with Gasteiger partial charge >= 0.3 is 0 Å². The number of ether oxygens (including phenoxy) is 1. The molecular weight excluding hydrogens is 230 g/mol. The molecule has 100 valence electrons. The van der Waals surface area contributed by atoms with E-state index in [0.29, 0.717) is 18.2 Å². The lowest BCUT2D eigenvalue weighted by molar-refractivity contribution is -0.119. The minimum Gasteiger partial charge on any atom is -0.476 e. The molecule has 0 aromatic carbocycles. The molecule has 0 aliphatic heterocycles. The molecule has 1 heterocycles. The summed E-state index contributed by atoms with van der Waals surface area (Å²) in [6.45, 7) is 8.12. The van der Waals surface area contributed by atoms with Gasteiger partial charge in [0, 0.05) is 6.20 Å². The summed E-state index contributed by atoms with van der Waals surface area (Å²) in [7, 11) is 0. The van der Waals surface area contributed by atoms with Crippen LogP contribution in [0.5, 0.6) is 5.88 Å². The molecule has 1 amide bonds. The van der Waals surface area contributed by atoms with E-state index in [0.717, 1.165) is 0 Å². The van der Waals surface area contributed by atoms with Crippen LogP contribution < -0.4 is 15.8 Å². The molecule has 0 saturated heterocycles. The van der Waals surface area contributed by atoms with Crippen LogP contribution in [0.15, 0.2) is 18.3 Å².